The summed E-state index contributed by atoms with van der Waals surface area (Å²) in [6.45, 7) is 4.31. The summed E-state index contributed by atoms with van der Waals surface area (Å²) in [5.74, 6) is -0.211. The molecule has 0 aliphatic carbocycles. The van der Waals surface area contributed by atoms with Crippen LogP contribution in [-0.2, 0) is 11.2 Å². The third-order valence-corrected chi connectivity index (χ3v) is 4.32. The van der Waals surface area contributed by atoms with Crippen molar-refractivity contribution in [3.05, 3.63) is 59.7 Å². The zero-order valence-corrected chi connectivity index (χ0v) is 16.6. The van der Waals surface area contributed by atoms with Crippen molar-refractivity contribution in [3.63, 3.8) is 0 Å². The molecule has 5 heteroatoms. The van der Waals surface area contributed by atoms with Crippen LogP contribution in [0.15, 0.2) is 48.5 Å². The minimum Gasteiger partial charge on any atom is -0.378 e. The van der Waals surface area contributed by atoms with Crippen molar-refractivity contribution in [2.75, 3.05) is 30.9 Å². The second kappa shape index (κ2) is 9.76. The molecule has 0 aliphatic rings. The normalized spacial score (nSPS) is 10.6. The highest BCUT2D eigenvalue weighted by molar-refractivity contribution is 5.96. The maximum atomic E-state index is 12.2. The zero-order chi connectivity index (χ0) is 19.8. The summed E-state index contributed by atoms with van der Waals surface area (Å²) in [5, 5.41) is 5.76. The van der Waals surface area contributed by atoms with E-state index >= 15 is 0 Å². The molecule has 144 valence electrons. The number of hydrogen-bond acceptors (Lipinski definition) is 3. The first-order chi connectivity index (χ1) is 12.9. The Kier molecular flexibility index (Phi) is 7.41. The highest BCUT2D eigenvalue weighted by Crippen LogP contribution is 2.13. The number of anilines is 2. The summed E-state index contributed by atoms with van der Waals surface area (Å²) in [4.78, 5) is 26.0. The number of benzene rings is 2. The molecule has 0 aromatic heterocycles. The molecule has 0 spiro atoms. The van der Waals surface area contributed by atoms with Gasteiger partial charge in [0.2, 0.25) is 5.91 Å². The maximum Gasteiger partial charge on any atom is 0.251 e. The summed E-state index contributed by atoms with van der Waals surface area (Å²) < 4.78 is 0. The zero-order valence-electron chi connectivity index (χ0n) is 16.6. The molecular weight excluding hydrogens is 338 g/mol. The second-order valence-corrected chi connectivity index (χ2v) is 7.14. The summed E-state index contributed by atoms with van der Waals surface area (Å²) >= 11 is 0. The van der Waals surface area contributed by atoms with Gasteiger partial charge in [0.05, 0.1) is 0 Å². The van der Waals surface area contributed by atoms with Gasteiger partial charge in [-0.05, 0) is 54.8 Å². The highest BCUT2D eigenvalue weighted by Gasteiger charge is 2.08. The molecule has 0 saturated heterocycles. The van der Waals surface area contributed by atoms with Gasteiger partial charge in [-0.2, -0.15) is 0 Å². The average molecular weight is 367 g/mol. The van der Waals surface area contributed by atoms with Crippen LogP contribution in [0.3, 0.4) is 0 Å². The fraction of sp³-hybridized carbons (Fsp3) is 0.364. The van der Waals surface area contributed by atoms with E-state index in [4.69, 9.17) is 0 Å². The van der Waals surface area contributed by atoms with Crippen molar-refractivity contribution in [1.82, 2.24) is 5.32 Å². The molecule has 2 aromatic rings. The van der Waals surface area contributed by atoms with E-state index in [0.29, 0.717) is 17.8 Å². The van der Waals surface area contributed by atoms with E-state index < -0.39 is 0 Å². The van der Waals surface area contributed by atoms with Crippen LogP contribution >= 0.6 is 0 Å². The van der Waals surface area contributed by atoms with Gasteiger partial charge in [0, 0.05) is 43.5 Å². The molecule has 0 aliphatic heterocycles. The van der Waals surface area contributed by atoms with Gasteiger partial charge in [-0.1, -0.05) is 26.0 Å². The van der Waals surface area contributed by atoms with Crippen LogP contribution in [0.4, 0.5) is 11.4 Å². The smallest absolute Gasteiger partial charge is 0.251 e. The van der Waals surface area contributed by atoms with E-state index in [9.17, 15) is 9.59 Å². The molecule has 0 radical (unpaired) electrons. The topological polar surface area (TPSA) is 61.4 Å². The Balaban J connectivity index is 1.76. The van der Waals surface area contributed by atoms with E-state index in [-0.39, 0.29) is 17.7 Å². The first-order valence-corrected chi connectivity index (χ1v) is 9.32. The molecular formula is C22H29N3O2. The lowest BCUT2D eigenvalue weighted by Gasteiger charge is -2.12. The maximum absolute atomic E-state index is 12.2. The average Bonchev–Trinajstić information content (AvgIpc) is 2.66. The van der Waals surface area contributed by atoms with E-state index in [1.54, 1.807) is 24.3 Å². The number of nitrogens with zero attached hydrogens (tertiary/aromatic N) is 1. The lowest BCUT2D eigenvalue weighted by Crippen LogP contribution is -2.24. The van der Waals surface area contributed by atoms with Crippen LogP contribution in [-0.4, -0.2) is 32.5 Å². The largest absolute Gasteiger partial charge is 0.378 e. The standard InChI is InChI=1S/C22H29N3O2/c1-16(2)21(26)24-19-11-9-18(10-12-19)22(27)23-15-5-6-17-7-13-20(14-8-17)25(3)4/h7-14,16H,5-6,15H2,1-4H3,(H,23,27)(H,24,26). The van der Waals surface area contributed by atoms with Gasteiger partial charge in [-0.25, -0.2) is 0 Å². The molecule has 0 unspecified atom stereocenters. The SMILES string of the molecule is CC(C)C(=O)Nc1ccc(C(=O)NCCCc2ccc(N(C)C)cc2)cc1. The predicted octanol–water partition coefficient (Wildman–Crippen LogP) is 3.71. The van der Waals surface area contributed by atoms with Gasteiger partial charge < -0.3 is 15.5 Å². The fourth-order valence-electron chi connectivity index (χ4n) is 2.55. The Bertz CT molecular complexity index is 750. The van der Waals surface area contributed by atoms with Crippen LogP contribution in [0.5, 0.6) is 0 Å². The second-order valence-electron chi connectivity index (χ2n) is 7.14. The number of nitrogens with one attached hydrogen (secondary N) is 2. The predicted molar refractivity (Wildman–Crippen MR) is 111 cm³/mol. The molecule has 2 amide bonds. The third-order valence-electron chi connectivity index (χ3n) is 4.32. The van der Waals surface area contributed by atoms with Gasteiger partial charge in [0.1, 0.15) is 0 Å². The Hall–Kier alpha value is -2.82. The van der Waals surface area contributed by atoms with Crippen LogP contribution in [0.25, 0.3) is 0 Å². The number of carbonyl (C=O) groups excluding carboxylic acids is 2. The molecule has 0 fully saturated rings. The van der Waals surface area contributed by atoms with Gasteiger partial charge in [0.25, 0.3) is 5.91 Å². The number of carbonyl (C=O) groups is 2. The van der Waals surface area contributed by atoms with Crippen LogP contribution in [0, 0.1) is 5.92 Å². The number of rotatable bonds is 8. The molecule has 2 rings (SSSR count). The monoisotopic (exact) mass is 367 g/mol. The number of aryl methyl sites for hydroxylation is 1. The molecule has 27 heavy (non-hydrogen) atoms. The molecule has 2 N–H and O–H groups in total. The van der Waals surface area contributed by atoms with Gasteiger partial charge in [-0.3, -0.25) is 9.59 Å². The van der Waals surface area contributed by atoms with E-state index in [0.717, 1.165) is 12.8 Å². The van der Waals surface area contributed by atoms with Crippen molar-refractivity contribution in [3.8, 4) is 0 Å². The van der Waals surface area contributed by atoms with Crippen LogP contribution in [0.1, 0.15) is 36.2 Å². The first kappa shape index (κ1) is 20.5. The van der Waals surface area contributed by atoms with Crippen molar-refractivity contribution in [2.45, 2.75) is 26.7 Å². The van der Waals surface area contributed by atoms with Crippen LogP contribution < -0.4 is 15.5 Å². The summed E-state index contributed by atoms with van der Waals surface area (Å²) in [6.07, 6.45) is 1.81. The number of amides is 2. The van der Waals surface area contributed by atoms with E-state index in [2.05, 4.69) is 39.8 Å². The van der Waals surface area contributed by atoms with Crippen LogP contribution in [0.2, 0.25) is 0 Å². The van der Waals surface area contributed by atoms with E-state index in [1.165, 1.54) is 11.3 Å². The Morgan fingerprint density at radius 3 is 2.15 bits per heavy atom. The van der Waals surface area contributed by atoms with Crippen molar-refractivity contribution < 1.29 is 9.59 Å². The Morgan fingerprint density at radius 1 is 0.963 bits per heavy atom. The van der Waals surface area contributed by atoms with Crippen molar-refractivity contribution in [1.29, 1.82) is 0 Å². The summed E-state index contributed by atoms with van der Waals surface area (Å²) in [7, 11) is 4.05. The van der Waals surface area contributed by atoms with Crippen molar-refractivity contribution in [2.24, 2.45) is 5.92 Å². The Morgan fingerprint density at radius 2 is 1.59 bits per heavy atom. The lowest BCUT2D eigenvalue weighted by atomic mass is 10.1. The molecule has 0 saturated carbocycles. The highest BCUT2D eigenvalue weighted by atomic mass is 16.2. The number of hydrogen-bond donors (Lipinski definition) is 2. The van der Waals surface area contributed by atoms with Crippen molar-refractivity contribution >= 4 is 23.2 Å². The molecule has 0 atom stereocenters. The summed E-state index contributed by atoms with van der Waals surface area (Å²) in [6, 6.07) is 15.4. The first-order valence-electron chi connectivity index (χ1n) is 9.32. The summed E-state index contributed by atoms with van der Waals surface area (Å²) in [5.41, 5.74) is 3.74. The minimum atomic E-state index is -0.0975. The molecule has 2 aromatic carbocycles. The van der Waals surface area contributed by atoms with Gasteiger partial charge >= 0.3 is 0 Å². The molecule has 0 bridgehead atoms. The van der Waals surface area contributed by atoms with E-state index in [1.807, 2.05) is 27.9 Å². The molecule has 0 heterocycles. The quantitative estimate of drug-likeness (QED) is 0.699. The Labute approximate surface area is 161 Å². The minimum absolute atomic E-state index is 0.0363. The third kappa shape index (κ3) is 6.44. The lowest BCUT2D eigenvalue weighted by molar-refractivity contribution is -0.118. The molecule has 5 nitrogen and oxygen atoms in total. The van der Waals surface area contributed by atoms with Gasteiger partial charge in [-0.15, -0.1) is 0 Å². The van der Waals surface area contributed by atoms with Gasteiger partial charge in [0.15, 0.2) is 0 Å². The fourth-order valence-corrected chi connectivity index (χ4v) is 2.55.